The van der Waals surface area contributed by atoms with E-state index in [-0.39, 0.29) is 23.4 Å². The summed E-state index contributed by atoms with van der Waals surface area (Å²) in [6, 6.07) is 2.05. The van der Waals surface area contributed by atoms with E-state index in [2.05, 4.69) is 4.98 Å². The third-order valence-electron chi connectivity index (χ3n) is 3.56. The lowest BCUT2D eigenvalue weighted by atomic mass is 9.94. The fourth-order valence-electron chi connectivity index (χ4n) is 2.22. The van der Waals surface area contributed by atoms with Gasteiger partial charge < -0.3 is 10.6 Å². The highest BCUT2D eigenvalue weighted by atomic mass is 19.4. The zero-order valence-corrected chi connectivity index (χ0v) is 11.0. The predicted molar refractivity (Wildman–Crippen MR) is 66.9 cm³/mol. The molecule has 2 unspecified atom stereocenters. The van der Waals surface area contributed by atoms with Crippen molar-refractivity contribution < 1.29 is 18.0 Å². The topological polar surface area (TPSA) is 59.2 Å². The molecule has 2 rings (SSSR count). The number of nitrogens with zero attached hydrogens (tertiary/aromatic N) is 2. The summed E-state index contributed by atoms with van der Waals surface area (Å²) in [7, 11) is 0. The van der Waals surface area contributed by atoms with Gasteiger partial charge in [0, 0.05) is 25.3 Å². The second-order valence-electron chi connectivity index (χ2n) is 5.11. The number of pyridine rings is 1. The first-order chi connectivity index (χ1) is 9.29. The van der Waals surface area contributed by atoms with Crippen molar-refractivity contribution in [1.29, 1.82) is 0 Å². The summed E-state index contributed by atoms with van der Waals surface area (Å²) >= 11 is 0. The largest absolute Gasteiger partial charge is 0.433 e. The van der Waals surface area contributed by atoms with Crippen molar-refractivity contribution in [3.63, 3.8) is 0 Å². The Bertz CT molecular complexity index is 487. The van der Waals surface area contributed by atoms with Crippen LogP contribution in [0.5, 0.6) is 0 Å². The molecule has 1 saturated heterocycles. The molecule has 1 fully saturated rings. The first-order valence-corrected chi connectivity index (χ1v) is 6.37. The summed E-state index contributed by atoms with van der Waals surface area (Å²) < 4.78 is 37.2. The molecule has 1 aliphatic rings. The van der Waals surface area contributed by atoms with Crippen LogP contribution in [0.2, 0.25) is 0 Å². The highest BCUT2D eigenvalue weighted by molar-refractivity contribution is 5.94. The Balaban J connectivity index is 2.10. The van der Waals surface area contributed by atoms with Crippen LogP contribution < -0.4 is 5.73 Å². The Morgan fingerprint density at radius 3 is 2.65 bits per heavy atom. The van der Waals surface area contributed by atoms with E-state index in [0.29, 0.717) is 19.5 Å². The molecule has 0 spiro atoms. The minimum absolute atomic E-state index is 0.0600. The normalized spacial score (nSPS) is 23.8. The summed E-state index contributed by atoms with van der Waals surface area (Å²) in [5.74, 6) is -0.125. The van der Waals surface area contributed by atoms with Crippen LogP contribution in [0, 0.1) is 5.92 Å². The number of carbonyl (C=O) groups excluding carboxylic acids is 1. The first kappa shape index (κ1) is 14.8. The number of aromatic nitrogens is 1. The molecule has 20 heavy (non-hydrogen) atoms. The number of nitrogens with two attached hydrogens (primary N) is 1. The number of likely N-dealkylation sites (tertiary alicyclic amines) is 1. The second-order valence-corrected chi connectivity index (χ2v) is 5.11. The van der Waals surface area contributed by atoms with Crippen LogP contribution >= 0.6 is 0 Å². The molecular formula is C13H16F3N3O. The van der Waals surface area contributed by atoms with Crippen molar-refractivity contribution in [1.82, 2.24) is 9.88 Å². The van der Waals surface area contributed by atoms with Gasteiger partial charge in [-0.2, -0.15) is 13.2 Å². The molecule has 1 aromatic rings. The number of piperidine rings is 1. The summed E-state index contributed by atoms with van der Waals surface area (Å²) in [5, 5.41) is 0. The van der Waals surface area contributed by atoms with Crippen LogP contribution in [-0.2, 0) is 6.18 Å². The van der Waals surface area contributed by atoms with Gasteiger partial charge in [-0.05, 0) is 24.5 Å². The maximum atomic E-state index is 12.4. The lowest BCUT2D eigenvalue weighted by molar-refractivity contribution is -0.141. The molecule has 7 heteroatoms. The standard InChI is InChI=1S/C13H16F3N3O/c1-8-7-19(5-4-10(8)17)12(20)9-2-3-11(18-6-9)13(14,15)16/h2-3,6,8,10H,4-5,7,17H2,1H3. The van der Waals surface area contributed by atoms with Gasteiger partial charge in [0.05, 0.1) is 5.56 Å². The van der Waals surface area contributed by atoms with Gasteiger partial charge in [0.1, 0.15) is 5.69 Å². The average molecular weight is 287 g/mol. The smallest absolute Gasteiger partial charge is 0.338 e. The Morgan fingerprint density at radius 2 is 2.15 bits per heavy atom. The zero-order chi connectivity index (χ0) is 14.9. The maximum Gasteiger partial charge on any atom is 0.433 e. The molecule has 2 N–H and O–H groups in total. The van der Waals surface area contributed by atoms with Gasteiger partial charge in [0.15, 0.2) is 0 Å². The van der Waals surface area contributed by atoms with Crippen LogP contribution in [0.15, 0.2) is 18.3 Å². The molecule has 2 heterocycles. The van der Waals surface area contributed by atoms with E-state index < -0.39 is 11.9 Å². The molecule has 110 valence electrons. The van der Waals surface area contributed by atoms with Crippen molar-refractivity contribution in [3.05, 3.63) is 29.6 Å². The van der Waals surface area contributed by atoms with Crippen LogP contribution in [-0.4, -0.2) is 34.9 Å². The summed E-state index contributed by atoms with van der Waals surface area (Å²) in [6.45, 7) is 2.99. The van der Waals surface area contributed by atoms with E-state index in [9.17, 15) is 18.0 Å². The molecular weight excluding hydrogens is 271 g/mol. The fraction of sp³-hybridized carbons (Fsp3) is 0.538. The molecule has 0 aromatic carbocycles. The number of alkyl halides is 3. The monoisotopic (exact) mass is 287 g/mol. The minimum Gasteiger partial charge on any atom is -0.338 e. The average Bonchev–Trinajstić information content (AvgIpc) is 2.40. The third-order valence-corrected chi connectivity index (χ3v) is 3.56. The van der Waals surface area contributed by atoms with Crippen molar-refractivity contribution in [3.8, 4) is 0 Å². The van der Waals surface area contributed by atoms with Crippen molar-refractivity contribution in [2.24, 2.45) is 11.7 Å². The number of hydrogen-bond donors (Lipinski definition) is 1. The van der Waals surface area contributed by atoms with Crippen molar-refractivity contribution >= 4 is 5.91 Å². The van der Waals surface area contributed by atoms with Crippen molar-refractivity contribution in [2.75, 3.05) is 13.1 Å². The lowest BCUT2D eigenvalue weighted by Gasteiger charge is -2.35. The second kappa shape index (κ2) is 5.40. The number of carbonyl (C=O) groups is 1. The number of amides is 1. The molecule has 0 saturated carbocycles. The van der Waals surface area contributed by atoms with Crippen LogP contribution in [0.4, 0.5) is 13.2 Å². The van der Waals surface area contributed by atoms with Gasteiger partial charge in [-0.15, -0.1) is 0 Å². The molecule has 1 aliphatic heterocycles. The Hall–Kier alpha value is -1.63. The van der Waals surface area contributed by atoms with Gasteiger partial charge in [-0.25, -0.2) is 0 Å². The zero-order valence-electron chi connectivity index (χ0n) is 11.0. The molecule has 1 amide bonds. The highest BCUT2D eigenvalue weighted by Gasteiger charge is 2.33. The minimum atomic E-state index is -4.49. The molecule has 0 radical (unpaired) electrons. The van der Waals surface area contributed by atoms with E-state index in [0.717, 1.165) is 18.3 Å². The number of hydrogen-bond acceptors (Lipinski definition) is 3. The Labute approximate surface area is 114 Å². The highest BCUT2D eigenvalue weighted by Crippen LogP contribution is 2.27. The van der Waals surface area contributed by atoms with Gasteiger partial charge in [-0.3, -0.25) is 9.78 Å². The maximum absolute atomic E-state index is 12.4. The molecule has 0 aliphatic carbocycles. The van der Waals surface area contributed by atoms with E-state index in [1.54, 1.807) is 4.90 Å². The van der Waals surface area contributed by atoms with E-state index in [4.69, 9.17) is 5.73 Å². The lowest BCUT2D eigenvalue weighted by Crippen LogP contribution is -2.48. The first-order valence-electron chi connectivity index (χ1n) is 6.37. The van der Waals surface area contributed by atoms with E-state index >= 15 is 0 Å². The van der Waals surface area contributed by atoms with Gasteiger partial charge in [0.2, 0.25) is 0 Å². The molecule has 2 atom stereocenters. The summed E-state index contributed by atoms with van der Waals surface area (Å²) in [6.07, 6.45) is -2.82. The van der Waals surface area contributed by atoms with Crippen LogP contribution in [0.25, 0.3) is 0 Å². The molecule has 4 nitrogen and oxygen atoms in total. The van der Waals surface area contributed by atoms with E-state index in [1.807, 2.05) is 6.92 Å². The van der Waals surface area contributed by atoms with Crippen LogP contribution in [0.1, 0.15) is 29.4 Å². The summed E-state index contributed by atoms with van der Waals surface area (Å²) in [5.41, 5.74) is 5.04. The van der Waals surface area contributed by atoms with Gasteiger partial charge in [0.25, 0.3) is 5.91 Å². The van der Waals surface area contributed by atoms with Crippen molar-refractivity contribution in [2.45, 2.75) is 25.6 Å². The fourth-order valence-corrected chi connectivity index (χ4v) is 2.22. The van der Waals surface area contributed by atoms with Crippen LogP contribution in [0.3, 0.4) is 0 Å². The summed E-state index contributed by atoms with van der Waals surface area (Å²) in [4.78, 5) is 17.1. The Kier molecular flexibility index (Phi) is 3.99. The number of rotatable bonds is 1. The third kappa shape index (κ3) is 3.09. The van der Waals surface area contributed by atoms with Gasteiger partial charge in [-0.1, -0.05) is 6.92 Å². The predicted octanol–water partition coefficient (Wildman–Crippen LogP) is 1.91. The van der Waals surface area contributed by atoms with Gasteiger partial charge >= 0.3 is 6.18 Å². The SMILES string of the molecule is CC1CN(C(=O)c2ccc(C(F)(F)F)nc2)CCC1N. The van der Waals surface area contributed by atoms with E-state index in [1.165, 1.54) is 0 Å². The molecule has 0 bridgehead atoms. The Morgan fingerprint density at radius 1 is 1.45 bits per heavy atom. The quantitative estimate of drug-likeness (QED) is 0.858. The number of halogens is 3. The molecule has 1 aromatic heterocycles.